The SMILES string of the molecule is Cc1cc(NCc2cccc(OC(C)C)c2)ccc1Br. The molecule has 0 aliphatic heterocycles. The van der Waals surface area contributed by atoms with Crippen LogP contribution in [-0.4, -0.2) is 6.10 Å². The van der Waals surface area contributed by atoms with E-state index in [2.05, 4.69) is 58.5 Å². The van der Waals surface area contributed by atoms with Crippen molar-refractivity contribution in [1.29, 1.82) is 0 Å². The van der Waals surface area contributed by atoms with Crippen molar-refractivity contribution < 1.29 is 4.74 Å². The van der Waals surface area contributed by atoms with E-state index in [0.29, 0.717) is 0 Å². The molecule has 0 radical (unpaired) electrons. The van der Waals surface area contributed by atoms with Crippen molar-refractivity contribution in [1.82, 2.24) is 0 Å². The van der Waals surface area contributed by atoms with Crippen molar-refractivity contribution >= 4 is 21.6 Å². The minimum atomic E-state index is 0.201. The highest BCUT2D eigenvalue weighted by Gasteiger charge is 2.01. The first-order chi connectivity index (χ1) is 9.54. The van der Waals surface area contributed by atoms with Gasteiger partial charge in [-0.15, -0.1) is 0 Å². The maximum atomic E-state index is 5.71. The number of anilines is 1. The number of ether oxygens (including phenoxy) is 1. The Bertz CT molecular complexity index is 581. The standard InChI is InChI=1S/C17H20BrNO/c1-12(2)20-16-6-4-5-14(10-16)11-19-15-7-8-17(18)13(3)9-15/h4-10,12,19H,11H2,1-3H3. The van der Waals surface area contributed by atoms with Gasteiger partial charge < -0.3 is 10.1 Å². The molecule has 2 aromatic rings. The third kappa shape index (κ3) is 4.27. The Hall–Kier alpha value is -1.48. The van der Waals surface area contributed by atoms with Crippen LogP contribution in [0.1, 0.15) is 25.0 Å². The maximum Gasteiger partial charge on any atom is 0.120 e. The molecule has 20 heavy (non-hydrogen) atoms. The summed E-state index contributed by atoms with van der Waals surface area (Å²) in [6.45, 7) is 6.95. The minimum Gasteiger partial charge on any atom is -0.491 e. The van der Waals surface area contributed by atoms with E-state index in [9.17, 15) is 0 Å². The molecule has 0 unspecified atom stereocenters. The van der Waals surface area contributed by atoms with Gasteiger partial charge in [-0.3, -0.25) is 0 Å². The lowest BCUT2D eigenvalue weighted by Gasteiger charge is -2.12. The van der Waals surface area contributed by atoms with Crippen LogP contribution in [0.25, 0.3) is 0 Å². The Morgan fingerprint density at radius 2 is 1.95 bits per heavy atom. The van der Waals surface area contributed by atoms with Gasteiger partial charge in [0.25, 0.3) is 0 Å². The number of halogens is 1. The van der Waals surface area contributed by atoms with Crippen LogP contribution in [0.5, 0.6) is 5.75 Å². The molecule has 2 aromatic carbocycles. The van der Waals surface area contributed by atoms with E-state index in [1.165, 1.54) is 11.1 Å². The topological polar surface area (TPSA) is 21.3 Å². The predicted molar refractivity (Wildman–Crippen MR) is 88.4 cm³/mol. The number of rotatable bonds is 5. The van der Waals surface area contributed by atoms with Crippen LogP contribution in [0.3, 0.4) is 0 Å². The average molecular weight is 334 g/mol. The highest BCUT2D eigenvalue weighted by atomic mass is 79.9. The molecule has 0 fully saturated rings. The fourth-order valence-electron chi connectivity index (χ4n) is 1.96. The van der Waals surface area contributed by atoms with Crippen molar-refractivity contribution in [3.05, 3.63) is 58.1 Å². The summed E-state index contributed by atoms with van der Waals surface area (Å²) in [5.74, 6) is 0.922. The van der Waals surface area contributed by atoms with E-state index in [1.807, 2.05) is 26.0 Å². The fourth-order valence-corrected chi connectivity index (χ4v) is 2.21. The molecule has 0 aliphatic rings. The second-order valence-electron chi connectivity index (χ2n) is 5.13. The molecule has 0 atom stereocenters. The lowest BCUT2D eigenvalue weighted by atomic mass is 10.2. The molecule has 0 spiro atoms. The molecule has 0 aromatic heterocycles. The first-order valence-electron chi connectivity index (χ1n) is 6.80. The van der Waals surface area contributed by atoms with E-state index in [1.54, 1.807) is 0 Å². The Morgan fingerprint density at radius 3 is 2.65 bits per heavy atom. The smallest absolute Gasteiger partial charge is 0.120 e. The van der Waals surface area contributed by atoms with Gasteiger partial charge in [0.2, 0.25) is 0 Å². The van der Waals surface area contributed by atoms with Crippen molar-refractivity contribution in [3.8, 4) is 5.75 Å². The quantitative estimate of drug-likeness (QED) is 0.816. The Balaban J connectivity index is 2.01. The van der Waals surface area contributed by atoms with Crippen LogP contribution in [0, 0.1) is 6.92 Å². The summed E-state index contributed by atoms with van der Waals surface area (Å²) in [4.78, 5) is 0. The summed E-state index contributed by atoms with van der Waals surface area (Å²) >= 11 is 3.51. The van der Waals surface area contributed by atoms with Gasteiger partial charge in [0.05, 0.1) is 6.10 Å². The normalized spacial score (nSPS) is 10.7. The van der Waals surface area contributed by atoms with Gasteiger partial charge in [-0.2, -0.15) is 0 Å². The van der Waals surface area contributed by atoms with Crippen LogP contribution in [-0.2, 0) is 6.54 Å². The summed E-state index contributed by atoms with van der Waals surface area (Å²) in [5, 5.41) is 3.43. The molecule has 2 rings (SSSR count). The summed E-state index contributed by atoms with van der Waals surface area (Å²) in [7, 11) is 0. The molecular weight excluding hydrogens is 314 g/mol. The third-order valence-electron chi connectivity index (χ3n) is 2.92. The third-order valence-corrected chi connectivity index (χ3v) is 3.81. The summed E-state index contributed by atoms with van der Waals surface area (Å²) in [5.41, 5.74) is 3.57. The van der Waals surface area contributed by atoms with Gasteiger partial charge in [0, 0.05) is 16.7 Å². The molecule has 0 aliphatic carbocycles. The first-order valence-corrected chi connectivity index (χ1v) is 7.59. The minimum absolute atomic E-state index is 0.201. The Kier molecular flexibility index (Phi) is 5.07. The zero-order valence-corrected chi connectivity index (χ0v) is 13.7. The highest BCUT2D eigenvalue weighted by molar-refractivity contribution is 9.10. The Morgan fingerprint density at radius 1 is 1.15 bits per heavy atom. The zero-order chi connectivity index (χ0) is 14.5. The van der Waals surface area contributed by atoms with Gasteiger partial charge >= 0.3 is 0 Å². The summed E-state index contributed by atoms with van der Waals surface area (Å²) in [6.07, 6.45) is 0.201. The second kappa shape index (κ2) is 6.80. The lowest BCUT2D eigenvalue weighted by molar-refractivity contribution is 0.242. The average Bonchev–Trinajstić information content (AvgIpc) is 2.40. The van der Waals surface area contributed by atoms with Crippen molar-refractivity contribution in [2.75, 3.05) is 5.32 Å². The molecular formula is C17H20BrNO. The monoisotopic (exact) mass is 333 g/mol. The van der Waals surface area contributed by atoms with Gasteiger partial charge in [0.15, 0.2) is 0 Å². The van der Waals surface area contributed by atoms with E-state index in [4.69, 9.17) is 4.74 Å². The van der Waals surface area contributed by atoms with Crippen molar-refractivity contribution in [2.24, 2.45) is 0 Å². The van der Waals surface area contributed by atoms with Crippen molar-refractivity contribution in [3.63, 3.8) is 0 Å². The van der Waals surface area contributed by atoms with Crippen LogP contribution in [0.4, 0.5) is 5.69 Å². The molecule has 0 saturated heterocycles. The molecule has 0 saturated carbocycles. The largest absolute Gasteiger partial charge is 0.491 e. The molecule has 2 nitrogen and oxygen atoms in total. The fraction of sp³-hybridized carbons (Fsp3) is 0.294. The maximum absolute atomic E-state index is 5.71. The van der Waals surface area contributed by atoms with Gasteiger partial charge in [-0.1, -0.05) is 28.1 Å². The molecule has 1 N–H and O–H groups in total. The zero-order valence-electron chi connectivity index (χ0n) is 12.1. The summed E-state index contributed by atoms with van der Waals surface area (Å²) < 4.78 is 6.84. The van der Waals surface area contributed by atoms with Crippen LogP contribution >= 0.6 is 15.9 Å². The van der Waals surface area contributed by atoms with E-state index >= 15 is 0 Å². The van der Waals surface area contributed by atoms with Crippen LogP contribution in [0.15, 0.2) is 46.9 Å². The number of hydrogen-bond donors (Lipinski definition) is 1. The number of aryl methyl sites for hydroxylation is 1. The van der Waals surface area contributed by atoms with Gasteiger partial charge in [0.1, 0.15) is 5.75 Å². The molecule has 0 amide bonds. The molecule has 0 bridgehead atoms. The highest BCUT2D eigenvalue weighted by Crippen LogP contribution is 2.21. The number of nitrogens with one attached hydrogen (secondary N) is 1. The van der Waals surface area contributed by atoms with E-state index in [-0.39, 0.29) is 6.10 Å². The van der Waals surface area contributed by atoms with Crippen molar-refractivity contribution in [2.45, 2.75) is 33.4 Å². The Labute approximate surface area is 129 Å². The van der Waals surface area contributed by atoms with E-state index < -0.39 is 0 Å². The van der Waals surface area contributed by atoms with E-state index in [0.717, 1.165) is 22.5 Å². The van der Waals surface area contributed by atoms with Crippen LogP contribution in [0.2, 0.25) is 0 Å². The first kappa shape index (κ1) is 14.9. The predicted octanol–water partition coefficient (Wildman–Crippen LogP) is 5.16. The van der Waals surface area contributed by atoms with Gasteiger partial charge in [-0.25, -0.2) is 0 Å². The van der Waals surface area contributed by atoms with Crippen LogP contribution < -0.4 is 10.1 Å². The number of hydrogen-bond acceptors (Lipinski definition) is 2. The second-order valence-corrected chi connectivity index (χ2v) is 5.99. The lowest BCUT2D eigenvalue weighted by Crippen LogP contribution is -2.06. The molecule has 106 valence electrons. The molecule has 3 heteroatoms. The van der Waals surface area contributed by atoms with Gasteiger partial charge in [-0.05, 0) is 62.2 Å². The number of benzene rings is 2. The molecule has 0 heterocycles. The summed E-state index contributed by atoms with van der Waals surface area (Å²) in [6, 6.07) is 14.5.